The van der Waals surface area contributed by atoms with Crippen LogP contribution in [-0.4, -0.2) is 6.61 Å². The van der Waals surface area contributed by atoms with Gasteiger partial charge in [0.25, 0.3) is 0 Å². The molecule has 0 unspecified atom stereocenters. The summed E-state index contributed by atoms with van der Waals surface area (Å²) in [7, 11) is 0. The van der Waals surface area contributed by atoms with E-state index in [1.54, 1.807) is 0 Å². The van der Waals surface area contributed by atoms with E-state index in [9.17, 15) is 0 Å². The maximum absolute atomic E-state index is 5.88. The molecule has 0 bridgehead atoms. The van der Waals surface area contributed by atoms with Crippen molar-refractivity contribution in [2.24, 2.45) is 5.92 Å². The first-order valence-electron chi connectivity index (χ1n) is 4.07. The number of halogens is 1. The average Bonchev–Trinajstić information content (AvgIpc) is 2.03. The minimum absolute atomic E-state index is 0.529. The zero-order chi connectivity index (χ0) is 8.97. The molecule has 0 radical (unpaired) electrons. The molecule has 0 aromatic heterocycles. The van der Waals surface area contributed by atoms with Gasteiger partial charge in [0.05, 0.1) is 11.6 Å². The van der Waals surface area contributed by atoms with Crippen molar-refractivity contribution < 1.29 is 4.74 Å². The predicted molar refractivity (Wildman–Crippen MR) is 51.8 cm³/mol. The van der Waals surface area contributed by atoms with Crippen molar-refractivity contribution in [2.75, 3.05) is 6.61 Å². The van der Waals surface area contributed by atoms with Crippen molar-refractivity contribution in [3.63, 3.8) is 0 Å². The van der Waals surface area contributed by atoms with E-state index in [0.29, 0.717) is 17.5 Å². The lowest BCUT2D eigenvalue weighted by atomic mass is 10.2. The smallest absolute Gasteiger partial charge is 0.137 e. The van der Waals surface area contributed by atoms with Crippen molar-refractivity contribution in [1.29, 1.82) is 0 Å². The third-order valence-corrected chi connectivity index (χ3v) is 1.72. The Morgan fingerprint density at radius 3 is 2.58 bits per heavy atom. The van der Waals surface area contributed by atoms with Gasteiger partial charge in [-0.05, 0) is 18.1 Å². The van der Waals surface area contributed by atoms with E-state index in [0.717, 1.165) is 5.75 Å². The summed E-state index contributed by atoms with van der Waals surface area (Å²) in [5, 5.41) is 0.679. The van der Waals surface area contributed by atoms with E-state index < -0.39 is 0 Å². The molecule has 0 saturated carbocycles. The normalized spacial score (nSPS) is 10.3. The molecule has 66 valence electrons. The second-order valence-corrected chi connectivity index (χ2v) is 3.54. The van der Waals surface area contributed by atoms with Crippen molar-refractivity contribution >= 4 is 11.6 Å². The highest BCUT2D eigenvalue weighted by Crippen LogP contribution is 2.23. The molecule has 2 heteroatoms. The lowest BCUT2D eigenvalue weighted by Crippen LogP contribution is -2.04. The van der Waals surface area contributed by atoms with E-state index in [4.69, 9.17) is 16.3 Å². The van der Waals surface area contributed by atoms with Gasteiger partial charge < -0.3 is 4.74 Å². The summed E-state index contributed by atoms with van der Waals surface area (Å²) in [6.07, 6.45) is 0. The fourth-order valence-corrected chi connectivity index (χ4v) is 1.01. The summed E-state index contributed by atoms with van der Waals surface area (Å²) in [5.41, 5.74) is 0. The number of rotatable bonds is 3. The van der Waals surface area contributed by atoms with Crippen LogP contribution in [0.4, 0.5) is 0 Å². The molecule has 0 heterocycles. The summed E-state index contributed by atoms with van der Waals surface area (Å²) >= 11 is 5.88. The lowest BCUT2D eigenvalue weighted by molar-refractivity contribution is 0.271. The second kappa shape index (κ2) is 4.36. The maximum atomic E-state index is 5.88. The highest BCUT2D eigenvalue weighted by atomic mass is 35.5. The Morgan fingerprint density at radius 1 is 1.33 bits per heavy atom. The van der Waals surface area contributed by atoms with Crippen molar-refractivity contribution in [3.05, 3.63) is 29.3 Å². The zero-order valence-corrected chi connectivity index (χ0v) is 8.14. The van der Waals surface area contributed by atoms with Crippen molar-refractivity contribution in [3.8, 4) is 5.75 Å². The maximum Gasteiger partial charge on any atom is 0.137 e. The molecule has 12 heavy (non-hydrogen) atoms. The Balaban J connectivity index is 2.57. The molecule has 1 aromatic carbocycles. The van der Waals surface area contributed by atoms with Crippen LogP contribution in [0.15, 0.2) is 24.3 Å². The Kier molecular flexibility index (Phi) is 3.42. The van der Waals surface area contributed by atoms with E-state index in [2.05, 4.69) is 13.8 Å². The molecule has 0 N–H and O–H groups in total. The van der Waals surface area contributed by atoms with Gasteiger partial charge in [0.2, 0.25) is 0 Å². The minimum Gasteiger partial charge on any atom is -0.492 e. The van der Waals surface area contributed by atoms with Gasteiger partial charge in [0.1, 0.15) is 5.75 Å². The van der Waals surface area contributed by atoms with Crippen LogP contribution in [0.2, 0.25) is 5.02 Å². The fraction of sp³-hybridized carbons (Fsp3) is 0.400. The van der Waals surface area contributed by atoms with Crippen LogP contribution < -0.4 is 4.74 Å². The van der Waals surface area contributed by atoms with Gasteiger partial charge in [-0.1, -0.05) is 37.6 Å². The van der Waals surface area contributed by atoms with Crippen LogP contribution in [0.5, 0.6) is 5.75 Å². The molecule has 0 aliphatic carbocycles. The first-order valence-corrected chi connectivity index (χ1v) is 4.45. The van der Waals surface area contributed by atoms with Crippen LogP contribution in [0.25, 0.3) is 0 Å². The van der Waals surface area contributed by atoms with E-state index >= 15 is 0 Å². The quantitative estimate of drug-likeness (QED) is 0.700. The summed E-state index contributed by atoms with van der Waals surface area (Å²) < 4.78 is 5.47. The monoisotopic (exact) mass is 184 g/mol. The van der Waals surface area contributed by atoms with Crippen LogP contribution in [0, 0.1) is 5.92 Å². The topological polar surface area (TPSA) is 9.23 Å². The third kappa shape index (κ3) is 2.74. The highest BCUT2D eigenvalue weighted by Gasteiger charge is 2.00. The molecule has 0 fully saturated rings. The molecule has 0 atom stereocenters. The molecule has 0 saturated heterocycles. The lowest BCUT2D eigenvalue weighted by Gasteiger charge is -2.09. The number of ether oxygens (including phenoxy) is 1. The molecular weight excluding hydrogens is 172 g/mol. The summed E-state index contributed by atoms with van der Waals surface area (Å²) in [6, 6.07) is 7.52. The van der Waals surface area contributed by atoms with Gasteiger partial charge in [0, 0.05) is 0 Å². The Labute approximate surface area is 78.3 Å². The fourth-order valence-electron chi connectivity index (χ4n) is 0.818. The zero-order valence-electron chi connectivity index (χ0n) is 7.38. The summed E-state index contributed by atoms with van der Waals surface area (Å²) in [5.74, 6) is 1.30. The highest BCUT2D eigenvalue weighted by molar-refractivity contribution is 6.32. The molecule has 1 rings (SSSR count). The molecule has 1 nitrogen and oxygen atoms in total. The molecular formula is C10H13ClO. The predicted octanol–water partition coefficient (Wildman–Crippen LogP) is 3.37. The van der Waals surface area contributed by atoms with Gasteiger partial charge in [-0.25, -0.2) is 0 Å². The Morgan fingerprint density at radius 2 is 2.00 bits per heavy atom. The first-order chi connectivity index (χ1) is 5.70. The average molecular weight is 185 g/mol. The summed E-state index contributed by atoms with van der Waals surface area (Å²) in [4.78, 5) is 0. The SMILES string of the molecule is CC(C)COc1ccccc1Cl. The first kappa shape index (κ1) is 9.40. The van der Waals surface area contributed by atoms with Crippen LogP contribution in [-0.2, 0) is 0 Å². The van der Waals surface area contributed by atoms with Gasteiger partial charge in [0.15, 0.2) is 0 Å². The van der Waals surface area contributed by atoms with Gasteiger partial charge in [-0.15, -0.1) is 0 Å². The number of para-hydroxylation sites is 1. The molecule has 0 spiro atoms. The van der Waals surface area contributed by atoms with E-state index in [-0.39, 0.29) is 0 Å². The number of benzene rings is 1. The van der Waals surface area contributed by atoms with Crippen molar-refractivity contribution in [2.45, 2.75) is 13.8 Å². The second-order valence-electron chi connectivity index (χ2n) is 3.14. The van der Waals surface area contributed by atoms with Crippen molar-refractivity contribution in [1.82, 2.24) is 0 Å². The third-order valence-electron chi connectivity index (χ3n) is 1.41. The number of hydrogen-bond donors (Lipinski definition) is 0. The Bertz CT molecular complexity index is 245. The van der Waals surface area contributed by atoms with Gasteiger partial charge in [-0.3, -0.25) is 0 Å². The summed E-state index contributed by atoms with van der Waals surface area (Å²) in [6.45, 7) is 4.93. The van der Waals surface area contributed by atoms with Crippen LogP contribution in [0.3, 0.4) is 0 Å². The van der Waals surface area contributed by atoms with Crippen LogP contribution >= 0.6 is 11.6 Å². The molecule has 0 amide bonds. The van der Waals surface area contributed by atoms with Gasteiger partial charge in [-0.2, -0.15) is 0 Å². The number of hydrogen-bond acceptors (Lipinski definition) is 1. The largest absolute Gasteiger partial charge is 0.492 e. The van der Waals surface area contributed by atoms with E-state index in [1.807, 2.05) is 24.3 Å². The minimum atomic E-state index is 0.529. The van der Waals surface area contributed by atoms with Crippen LogP contribution in [0.1, 0.15) is 13.8 Å². The molecule has 0 aliphatic rings. The van der Waals surface area contributed by atoms with E-state index in [1.165, 1.54) is 0 Å². The van der Waals surface area contributed by atoms with Gasteiger partial charge >= 0.3 is 0 Å². The standard InChI is InChI=1S/C10H13ClO/c1-8(2)7-12-10-6-4-3-5-9(10)11/h3-6,8H,7H2,1-2H3. The molecule has 1 aromatic rings. The Hall–Kier alpha value is -0.690. The molecule has 0 aliphatic heterocycles.